The van der Waals surface area contributed by atoms with Gasteiger partial charge in [0, 0.05) is 6.54 Å². The number of alkyl halides is 3. The van der Waals surface area contributed by atoms with Gasteiger partial charge in [0.15, 0.2) is 0 Å². The number of nitrogens with two attached hydrogens (primary N) is 1. The molecule has 34 heavy (non-hydrogen) atoms. The average molecular weight is 494 g/mol. The van der Waals surface area contributed by atoms with Crippen molar-refractivity contribution in [3.63, 3.8) is 0 Å². The predicted octanol–water partition coefficient (Wildman–Crippen LogP) is 4.00. The number of carbonyl (C=O) groups excluding carboxylic acids is 2. The van der Waals surface area contributed by atoms with Crippen LogP contribution in [0.4, 0.5) is 13.2 Å². The minimum absolute atomic E-state index is 0.219. The molecule has 2 aromatic carbocycles. The molecule has 0 saturated heterocycles. The Morgan fingerprint density at radius 1 is 1.00 bits per heavy atom. The molecule has 4 N–H and O–H groups in total. The number of thioether (sulfide) groups is 1. The van der Waals surface area contributed by atoms with Gasteiger partial charge in [0.2, 0.25) is 11.8 Å². The molecule has 2 amide bonds. The van der Waals surface area contributed by atoms with Gasteiger partial charge in [0.25, 0.3) is 0 Å². The molecule has 2 aromatic rings. The van der Waals surface area contributed by atoms with Gasteiger partial charge in [-0.2, -0.15) is 24.9 Å². The molecular weight excluding hydrogens is 463 g/mol. The third kappa shape index (κ3) is 5.75. The molecule has 1 unspecified atom stereocenters. The van der Waals surface area contributed by atoms with E-state index in [1.165, 1.54) is 0 Å². The maximum Gasteiger partial charge on any atom is 0.405 e. The Hall–Kier alpha value is -2.52. The molecule has 1 aliphatic carbocycles. The standard InChI is InChI=1S/C25H30F3N3O2S/c1-34-15-12-21(29)22(32)30-14-7-6-13-24(23(33)31-16-25(26,27)28)19-10-4-2-8-17(19)18-9-3-5-11-20(18)24/h2-5,8-11,21H,6-7,12-16,29H2,1H3,(H,30,32)(H,31,33). The Balaban J connectivity index is 1.77. The summed E-state index contributed by atoms with van der Waals surface area (Å²) in [7, 11) is 0. The lowest BCUT2D eigenvalue weighted by atomic mass is 9.73. The summed E-state index contributed by atoms with van der Waals surface area (Å²) in [5.41, 5.74) is 7.78. The van der Waals surface area contributed by atoms with Crippen LogP contribution < -0.4 is 16.4 Å². The summed E-state index contributed by atoms with van der Waals surface area (Å²) in [4.78, 5) is 25.5. The minimum atomic E-state index is -4.51. The number of carbonyl (C=O) groups is 2. The van der Waals surface area contributed by atoms with Gasteiger partial charge in [-0.1, -0.05) is 48.5 Å². The Bertz CT molecular complexity index is 967. The highest BCUT2D eigenvalue weighted by molar-refractivity contribution is 7.98. The van der Waals surface area contributed by atoms with Crippen LogP contribution in [0.5, 0.6) is 0 Å². The molecule has 0 saturated carbocycles. The number of rotatable bonds is 11. The molecule has 5 nitrogen and oxygen atoms in total. The molecule has 0 bridgehead atoms. The van der Waals surface area contributed by atoms with Gasteiger partial charge in [-0.3, -0.25) is 9.59 Å². The van der Waals surface area contributed by atoms with Crippen molar-refractivity contribution >= 4 is 23.6 Å². The fourth-order valence-corrected chi connectivity index (χ4v) is 5.01. The third-order valence-corrected chi connectivity index (χ3v) is 6.79. The normalized spacial score (nSPS) is 14.7. The predicted molar refractivity (Wildman–Crippen MR) is 130 cm³/mol. The summed E-state index contributed by atoms with van der Waals surface area (Å²) >= 11 is 1.62. The third-order valence-electron chi connectivity index (χ3n) is 6.15. The van der Waals surface area contributed by atoms with Crippen LogP contribution in [0.1, 0.15) is 36.8 Å². The van der Waals surface area contributed by atoms with Crippen molar-refractivity contribution in [2.45, 2.75) is 43.3 Å². The number of benzene rings is 2. The molecule has 0 spiro atoms. The van der Waals surface area contributed by atoms with E-state index in [0.29, 0.717) is 43.4 Å². The maximum atomic E-state index is 13.4. The quantitative estimate of drug-likeness (QED) is 0.413. The van der Waals surface area contributed by atoms with E-state index in [4.69, 9.17) is 5.73 Å². The molecule has 0 radical (unpaired) electrons. The topological polar surface area (TPSA) is 84.2 Å². The van der Waals surface area contributed by atoms with Crippen molar-refractivity contribution in [2.75, 3.05) is 25.1 Å². The van der Waals surface area contributed by atoms with Crippen LogP contribution in [0.3, 0.4) is 0 Å². The number of fused-ring (bicyclic) bond motifs is 3. The molecule has 0 heterocycles. The van der Waals surface area contributed by atoms with Crippen LogP contribution >= 0.6 is 11.8 Å². The molecule has 1 atom stereocenters. The van der Waals surface area contributed by atoms with Gasteiger partial charge in [-0.05, 0) is 59.9 Å². The molecule has 0 fully saturated rings. The van der Waals surface area contributed by atoms with Crippen LogP contribution in [0, 0.1) is 0 Å². The van der Waals surface area contributed by atoms with Gasteiger partial charge >= 0.3 is 6.18 Å². The lowest BCUT2D eigenvalue weighted by Crippen LogP contribution is -2.47. The van der Waals surface area contributed by atoms with Crippen molar-refractivity contribution in [3.05, 3.63) is 59.7 Å². The lowest BCUT2D eigenvalue weighted by molar-refractivity contribution is -0.141. The summed E-state index contributed by atoms with van der Waals surface area (Å²) in [5.74, 6) is -0.0863. The Morgan fingerprint density at radius 2 is 1.59 bits per heavy atom. The molecular formula is C25H30F3N3O2S. The monoisotopic (exact) mass is 493 g/mol. The maximum absolute atomic E-state index is 13.4. The van der Waals surface area contributed by atoms with Crippen LogP contribution in [0.25, 0.3) is 11.1 Å². The first-order valence-electron chi connectivity index (χ1n) is 11.3. The summed E-state index contributed by atoms with van der Waals surface area (Å²) in [6.45, 7) is -1.00. The van der Waals surface area contributed by atoms with Crippen LogP contribution in [-0.4, -0.2) is 49.1 Å². The second-order valence-corrected chi connectivity index (χ2v) is 9.42. The van der Waals surface area contributed by atoms with Crippen molar-refractivity contribution < 1.29 is 22.8 Å². The highest BCUT2D eigenvalue weighted by Crippen LogP contribution is 2.51. The second kappa shape index (κ2) is 11.3. The van der Waals surface area contributed by atoms with E-state index in [-0.39, 0.29) is 5.91 Å². The van der Waals surface area contributed by atoms with Crippen molar-refractivity contribution in [1.29, 1.82) is 0 Å². The zero-order chi connectivity index (χ0) is 24.8. The Labute approximate surface area is 202 Å². The summed E-state index contributed by atoms with van der Waals surface area (Å²) in [6, 6.07) is 14.2. The molecule has 3 rings (SSSR count). The summed E-state index contributed by atoms with van der Waals surface area (Å²) < 4.78 is 38.8. The Morgan fingerprint density at radius 3 is 2.15 bits per heavy atom. The highest BCUT2D eigenvalue weighted by Gasteiger charge is 2.49. The fourth-order valence-electron chi connectivity index (χ4n) is 4.52. The van der Waals surface area contributed by atoms with Crippen molar-refractivity contribution in [3.8, 4) is 11.1 Å². The van der Waals surface area contributed by atoms with Gasteiger partial charge in [0.05, 0.1) is 6.04 Å². The number of nitrogens with one attached hydrogen (secondary N) is 2. The number of amides is 2. The number of unbranched alkanes of at least 4 members (excludes halogenated alkanes) is 1. The van der Waals surface area contributed by atoms with Crippen LogP contribution in [-0.2, 0) is 15.0 Å². The first-order valence-corrected chi connectivity index (χ1v) is 12.7. The molecule has 184 valence electrons. The van der Waals surface area contributed by atoms with Crippen LogP contribution in [0.2, 0.25) is 0 Å². The van der Waals surface area contributed by atoms with Crippen LogP contribution in [0.15, 0.2) is 48.5 Å². The summed E-state index contributed by atoms with van der Waals surface area (Å²) in [6.07, 6.45) is -0.553. The average Bonchev–Trinajstić information content (AvgIpc) is 3.11. The molecule has 0 aromatic heterocycles. The van der Waals surface area contributed by atoms with Crippen molar-refractivity contribution in [2.24, 2.45) is 5.73 Å². The van der Waals surface area contributed by atoms with Gasteiger partial charge in [-0.25, -0.2) is 0 Å². The first kappa shape index (κ1) is 26.1. The van der Waals surface area contributed by atoms with E-state index in [1.54, 1.807) is 23.9 Å². The van der Waals surface area contributed by atoms with E-state index in [9.17, 15) is 22.8 Å². The van der Waals surface area contributed by atoms with E-state index >= 15 is 0 Å². The number of hydrogen-bond donors (Lipinski definition) is 3. The zero-order valence-electron chi connectivity index (χ0n) is 19.1. The largest absolute Gasteiger partial charge is 0.405 e. The number of halogens is 3. The minimum Gasteiger partial charge on any atom is -0.355 e. The van der Waals surface area contributed by atoms with Gasteiger partial charge in [0.1, 0.15) is 12.0 Å². The first-order chi connectivity index (χ1) is 16.2. The second-order valence-electron chi connectivity index (χ2n) is 8.43. The Kier molecular flexibility index (Phi) is 8.65. The van der Waals surface area contributed by atoms with E-state index < -0.39 is 30.1 Å². The lowest BCUT2D eigenvalue weighted by Gasteiger charge is -2.31. The molecule has 9 heteroatoms. The molecule has 1 aliphatic rings. The van der Waals surface area contributed by atoms with E-state index in [0.717, 1.165) is 16.9 Å². The molecule has 0 aliphatic heterocycles. The zero-order valence-corrected chi connectivity index (χ0v) is 19.9. The van der Waals surface area contributed by atoms with Crippen molar-refractivity contribution in [1.82, 2.24) is 10.6 Å². The fraction of sp³-hybridized carbons (Fsp3) is 0.440. The van der Waals surface area contributed by atoms with Gasteiger partial charge in [-0.15, -0.1) is 0 Å². The highest BCUT2D eigenvalue weighted by atomic mass is 32.2. The smallest absolute Gasteiger partial charge is 0.355 e. The SMILES string of the molecule is CSCCC(N)C(=O)NCCCCC1(C(=O)NCC(F)(F)F)c2ccccc2-c2ccccc21. The van der Waals surface area contributed by atoms with E-state index in [1.807, 2.05) is 42.7 Å². The van der Waals surface area contributed by atoms with Gasteiger partial charge < -0.3 is 16.4 Å². The number of hydrogen-bond acceptors (Lipinski definition) is 4. The van der Waals surface area contributed by atoms with E-state index in [2.05, 4.69) is 10.6 Å². The summed E-state index contributed by atoms with van der Waals surface area (Å²) in [5, 5.41) is 4.95.